The second kappa shape index (κ2) is 4.18. The van der Waals surface area contributed by atoms with Gasteiger partial charge in [-0.3, -0.25) is 0 Å². The zero-order valence-electron chi connectivity index (χ0n) is 8.41. The molecule has 0 aliphatic rings. The minimum Gasteiger partial charge on any atom is -0.363 e. The molecule has 4 heteroatoms. The van der Waals surface area contributed by atoms with E-state index in [4.69, 9.17) is 5.73 Å². The predicted molar refractivity (Wildman–Crippen MR) is 53.9 cm³/mol. The van der Waals surface area contributed by atoms with Crippen molar-refractivity contribution < 1.29 is 0 Å². The first-order valence-electron chi connectivity index (χ1n) is 4.35. The average molecular weight is 180 g/mol. The van der Waals surface area contributed by atoms with Gasteiger partial charge in [0.1, 0.15) is 11.6 Å². The molecule has 0 spiro atoms. The zero-order chi connectivity index (χ0) is 9.84. The number of rotatable bonds is 3. The van der Waals surface area contributed by atoms with E-state index >= 15 is 0 Å². The molecule has 2 N–H and O–H groups in total. The average Bonchev–Trinajstić information content (AvgIpc) is 2.03. The summed E-state index contributed by atoms with van der Waals surface area (Å²) in [6.45, 7) is 2.52. The summed E-state index contributed by atoms with van der Waals surface area (Å²) in [4.78, 5) is 10.5. The van der Waals surface area contributed by atoms with Crippen LogP contribution in [0.4, 0.5) is 5.82 Å². The molecule has 0 aliphatic carbocycles. The summed E-state index contributed by atoms with van der Waals surface area (Å²) >= 11 is 0. The summed E-state index contributed by atoms with van der Waals surface area (Å²) in [5.41, 5.74) is 6.48. The third-order valence-electron chi connectivity index (χ3n) is 1.74. The third-order valence-corrected chi connectivity index (χ3v) is 1.74. The molecule has 4 nitrogen and oxygen atoms in total. The first-order chi connectivity index (χ1) is 6.13. The maximum Gasteiger partial charge on any atom is 0.131 e. The van der Waals surface area contributed by atoms with Crippen molar-refractivity contribution in [3.8, 4) is 0 Å². The summed E-state index contributed by atoms with van der Waals surface area (Å²) in [7, 11) is 3.93. The number of nitrogens with two attached hydrogens (primary N) is 1. The largest absolute Gasteiger partial charge is 0.363 e. The Balaban J connectivity index is 2.96. The highest BCUT2D eigenvalue weighted by Gasteiger charge is 2.02. The SMILES string of the molecule is Cc1nc(CCN)cc(N(C)C)n1. The summed E-state index contributed by atoms with van der Waals surface area (Å²) in [6.07, 6.45) is 0.810. The molecule has 0 saturated heterocycles. The smallest absolute Gasteiger partial charge is 0.131 e. The Hall–Kier alpha value is -1.16. The Bertz CT molecular complexity index is 283. The van der Waals surface area contributed by atoms with Crippen LogP contribution >= 0.6 is 0 Å². The van der Waals surface area contributed by atoms with E-state index in [0.29, 0.717) is 6.54 Å². The fourth-order valence-corrected chi connectivity index (χ4v) is 1.12. The Morgan fingerprint density at radius 2 is 2.08 bits per heavy atom. The van der Waals surface area contributed by atoms with Crippen LogP contribution in [0.5, 0.6) is 0 Å². The van der Waals surface area contributed by atoms with Gasteiger partial charge in [0.2, 0.25) is 0 Å². The fraction of sp³-hybridized carbons (Fsp3) is 0.556. The van der Waals surface area contributed by atoms with Crippen LogP contribution in [0, 0.1) is 6.92 Å². The van der Waals surface area contributed by atoms with Gasteiger partial charge in [-0.1, -0.05) is 0 Å². The lowest BCUT2D eigenvalue weighted by atomic mass is 10.3. The molecule has 1 aromatic heterocycles. The molecule has 1 rings (SSSR count). The van der Waals surface area contributed by atoms with Gasteiger partial charge in [-0.2, -0.15) is 0 Å². The van der Waals surface area contributed by atoms with Crippen molar-refractivity contribution in [2.24, 2.45) is 5.73 Å². The molecule has 0 unspecified atom stereocenters. The van der Waals surface area contributed by atoms with Gasteiger partial charge in [0.05, 0.1) is 0 Å². The summed E-state index contributed by atoms with van der Waals surface area (Å²) in [6, 6.07) is 1.97. The van der Waals surface area contributed by atoms with Crippen molar-refractivity contribution in [1.29, 1.82) is 0 Å². The van der Waals surface area contributed by atoms with Crippen LogP contribution in [-0.4, -0.2) is 30.6 Å². The van der Waals surface area contributed by atoms with Crippen molar-refractivity contribution in [3.05, 3.63) is 17.6 Å². The summed E-state index contributed by atoms with van der Waals surface area (Å²) in [5.74, 6) is 1.74. The molecule has 0 aromatic carbocycles. The molecule has 13 heavy (non-hydrogen) atoms. The van der Waals surface area contributed by atoms with E-state index < -0.39 is 0 Å². The number of nitrogens with zero attached hydrogens (tertiary/aromatic N) is 3. The quantitative estimate of drug-likeness (QED) is 0.729. The Kier molecular flexibility index (Phi) is 3.19. The molecule has 0 atom stereocenters. The second-order valence-corrected chi connectivity index (χ2v) is 3.20. The van der Waals surface area contributed by atoms with Crippen molar-refractivity contribution in [3.63, 3.8) is 0 Å². The van der Waals surface area contributed by atoms with Gasteiger partial charge in [-0.15, -0.1) is 0 Å². The van der Waals surface area contributed by atoms with Crippen LogP contribution in [-0.2, 0) is 6.42 Å². The first-order valence-corrected chi connectivity index (χ1v) is 4.35. The predicted octanol–water partition coefficient (Wildman–Crippen LogP) is 0.352. The molecule has 1 aromatic rings. The molecule has 0 radical (unpaired) electrons. The molecular formula is C9H16N4. The molecule has 0 fully saturated rings. The number of aromatic nitrogens is 2. The van der Waals surface area contributed by atoms with E-state index in [0.717, 1.165) is 23.8 Å². The van der Waals surface area contributed by atoms with Crippen LogP contribution in [0.2, 0.25) is 0 Å². The van der Waals surface area contributed by atoms with Gasteiger partial charge in [-0.25, -0.2) is 9.97 Å². The number of hydrogen-bond donors (Lipinski definition) is 1. The molecule has 72 valence electrons. The van der Waals surface area contributed by atoms with Gasteiger partial charge in [0.15, 0.2) is 0 Å². The third kappa shape index (κ3) is 2.66. The standard InChI is InChI=1S/C9H16N4/c1-7-11-8(4-5-10)6-9(12-7)13(2)3/h6H,4-5,10H2,1-3H3. The topological polar surface area (TPSA) is 55.0 Å². The lowest BCUT2D eigenvalue weighted by Gasteiger charge is -2.12. The molecule has 0 aliphatic heterocycles. The van der Waals surface area contributed by atoms with Gasteiger partial charge in [0, 0.05) is 32.3 Å². The van der Waals surface area contributed by atoms with Crippen LogP contribution < -0.4 is 10.6 Å². The maximum absolute atomic E-state index is 5.46. The molecular weight excluding hydrogens is 164 g/mol. The lowest BCUT2D eigenvalue weighted by molar-refractivity contribution is 0.877. The zero-order valence-corrected chi connectivity index (χ0v) is 8.41. The van der Waals surface area contributed by atoms with Gasteiger partial charge < -0.3 is 10.6 Å². The maximum atomic E-state index is 5.46. The highest BCUT2D eigenvalue weighted by Crippen LogP contribution is 2.09. The fourth-order valence-electron chi connectivity index (χ4n) is 1.12. The van der Waals surface area contributed by atoms with Crippen molar-refractivity contribution in [2.75, 3.05) is 25.5 Å². The van der Waals surface area contributed by atoms with Crippen LogP contribution in [0.3, 0.4) is 0 Å². The van der Waals surface area contributed by atoms with E-state index in [1.54, 1.807) is 0 Å². The first kappa shape index (κ1) is 9.92. The molecule has 0 amide bonds. The monoisotopic (exact) mass is 180 g/mol. The van der Waals surface area contributed by atoms with E-state index in [2.05, 4.69) is 9.97 Å². The van der Waals surface area contributed by atoms with E-state index in [-0.39, 0.29) is 0 Å². The highest BCUT2D eigenvalue weighted by molar-refractivity contribution is 5.37. The van der Waals surface area contributed by atoms with Crippen molar-refractivity contribution in [1.82, 2.24) is 9.97 Å². The van der Waals surface area contributed by atoms with Crippen molar-refractivity contribution >= 4 is 5.82 Å². The minimum atomic E-state index is 0.628. The van der Waals surface area contributed by atoms with E-state index in [9.17, 15) is 0 Å². The van der Waals surface area contributed by atoms with Gasteiger partial charge in [-0.05, 0) is 13.5 Å². The Morgan fingerprint density at radius 3 is 2.62 bits per heavy atom. The van der Waals surface area contributed by atoms with E-state index in [1.807, 2.05) is 32.0 Å². The molecule has 0 bridgehead atoms. The molecule has 0 saturated carbocycles. The number of aryl methyl sites for hydroxylation is 1. The van der Waals surface area contributed by atoms with E-state index in [1.165, 1.54) is 0 Å². The summed E-state index contributed by atoms with van der Waals surface area (Å²) < 4.78 is 0. The Morgan fingerprint density at radius 1 is 1.38 bits per heavy atom. The summed E-state index contributed by atoms with van der Waals surface area (Å²) in [5, 5.41) is 0. The highest BCUT2D eigenvalue weighted by atomic mass is 15.1. The number of hydrogen-bond acceptors (Lipinski definition) is 4. The van der Waals surface area contributed by atoms with Gasteiger partial charge in [0.25, 0.3) is 0 Å². The number of anilines is 1. The normalized spacial score (nSPS) is 10.2. The second-order valence-electron chi connectivity index (χ2n) is 3.20. The molecule has 1 heterocycles. The van der Waals surface area contributed by atoms with Crippen molar-refractivity contribution in [2.45, 2.75) is 13.3 Å². The lowest BCUT2D eigenvalue weighted by Crippen LogP contribution is -2.13. The minimum absolute atomic E-state index is 0.628. The van der Waals surface area contributed by atoms with Gasteiger partial charge >= 0.3 is 0 Å². The van der Waals surface area contributed by atoms with Crippen LogP contribution in [0.1, 0.15) is 11.5 Å². The Labute approximate surface area is 78.8 Å². The van der Waals surface area contributed by atoms with Crippen LogP contribution in [0.15, 0.2) is 6.07 Å². The van der Waals surface area contributed by atoms with Crippen LogP contribution in [0.25, 0.3) is 0 Å².